The molecule has 9 heteroatoms. The first-order valence-corrected chi connectivity index (χ1v) is 13.0. The van der Waals surface area contributed by atoms with Gasteiger partial charge in [-0.05, 0) is 30.7 Å². The Labute approximate surface area is 201 Å². The number of thiazole rings is 1. The molecule has 1 N–H and O–H groups in total. The van der Waals surface area contributed by atoms with E-state index in [1.165, 1.54) is 11.3 Å². The summed E-state index contributed by atoms with van der Waals surface area (Å²) in [6.45, 7) is 2.93. The van der Waals surface area contributed by atoms with Crippen molar-refractivity contribution >= 4 is 36.7 Å². The molecule has 0 spiro atoms. The highest BCUT2D eigenvalue weighted by Crippen LogP contribution is 2.32. The van der Waals surface area contributed by atoms with Gasteiger partial charge in [0, 0.05) is 11.8 Å². The molecule has 0 aliphatic heterocycles. The summed E-state index contributed by atoms with van der Waals surface area (Å²) in [4.78, 5) is 4.55. The van der Waals surface area contributed by atoms with Crippen LogP contribution in [0.3, 0.4) is 0 Å². The Morgan fingerprint density at radius 1 is 1.00 bits per heavy atom. The van der Waals surface area contributed by atoms with Crippen molar-refractivity contribution in [2.45, 2.75) is 18.4 Å². The number of aromatic nitrogens is 3. The molecule has 3 aromatic carbocycles. The molecule has 172 valence electrons. The standard InChI is InChI=1S/C25H22N4O3S2/c1-2-32-20-13-14-21-22(15-20)33-25(26-21)28-34(30,31)23-17-29(16-18-9-5-3-6-10-18)27-24(23)19-11-7-4-8-12-19/h3-15,17H,2,16H2,1H3,(H,26,28). The second-order valence-corrected chi connectivity index (χ2v) is 10.3. The summed E-state index contributed by atoms with van der Waals surface area (Å²) < 4.78 is 37.6. The normalized spacial score (nSPS) is 11.6. The molecule has 0 fully saturated rings. The number of rotatable bonds is 8. The molecule has 0 bridgehead atoms. The second kappa shape index (κ2) is 9.28. The number of anilines is 1. The van der Waals surface area contributed by atoms with E-state index >= 15 is 0 Å². The molecule has 0 saturated heterocycles. The van der Waals surface area contributed by atoms with Crippen LogP contribution in [0.25, 0.3) is 21.5 Å². The third kappa shape index (κ3) is 4.66. The van der Waals surface area contributed by atoms with Crippen LogP contribution >= 0.6 is 11.3 Å². The van der Waals surface area contributed by atoms with Crippen molar-refractivity contribution < 1.29 is 13.2 Å². The number of benzene rings is 3. The van der Waals surface area contributed by atoms with Crippen LogP contribution in [-0.4, -0.2) is 29.8 Å². The fourth-order valence-corrected chi connectivity index (χ4v) is 5.92. The summed E-state index contributed by atoms with van der Waals surface area (Å²) in [5.74, 6) is 0.724. The van der Waals surface area contributed by atoms with Crippen molar-refractivity contribution in [3.05, 3.63) is 90.6 Å². The third-order valence-electron chi connectivity index (χ3n) is 5.14. The SMILES string of the molecule is CCOc1ccc2nc(NS(=O)(=O)c3cn(Cc4ccccc4)nc3-c3ccccc3)sc2c1. The van der Waals surface area contributed by atoms with Gasteiger partial charge in [0.2, 0.25) is 0 Å². The molecule has 0 unspecified atom stereocenters. The first-order chi connectivity index (χ1) is 16.5. The van der Waals surface area contributed by atoms with E-state index in [1.54, 1.807) is 10.9 Å². The number of sulfonamides is 1. The minimum absolute atomic E-state index is 0.101. The lowest BCUT2D eigenvalue weighted by molar-refractivity contribution is 0.341. The minimum atomic E-state index is -3.95. The Bertz CT molecular complexity index is 1530. The molecule has 5 rings (SSSR count). The Morgan fingerprint density at radius 2 is 1.74 bits per heavy atom. The number of nitrogens with zero attached hydrogens (tertiary/aromatic N) is 3. The number of hydrogen-bond donors (Lipinski definition) is 1. The predicted octanol–water partition coefficient (Wildman–Crippen LogP) is 5.41. The van der Waals surface area contributed by atoms with Gasteiger partial charge in [-0.3, -0.25) is 9.40 Å². The zero-order valence-electron chi connectivity index (χ0n) is 18.4. The van der Waals surface area contributed by atoms with Crippen molar-refractivity contribution in [2.24, 2.45) is 0 Å². The highest BCUT2D eigenvalue weighted by atomic mass is 32.2. The van der Waals surface area contributed by atoms with Crippen LogP contribution in [0.5, 0.6) is 5.75 Å². The summed E-state index contributed by atoms with van der Waals surface area (Å²) in [5.41, 5.74) is 2.84. The Morgan fingerprint density at radius 3 is 2.47 bits per heavy atom. The van der Waals surface area contributed by atoms with E-state index in [9.17, 15) is 8.42 Å². The highest BCUT2D eigenvalue weighted by Gasteiger charge is 2.25. The number of nitrogens with one attached hydrogen (secondary N) is 1. The molecule has 0 saturated carbocycles. The molecule has 7 nitrogen and oxygen atoms in total. The van der Waals surface area contributed by atoms with Gasteiger partial charge in [-0.15, -0.1) is 0 Å². The summed E-state index contributed by atoms with van der Waals surface area (Å²) in [7, 11) is -3.95. The summed E-state index contributed by atoms with van der Waals surface area (Å²) in [6.07, 6.45) is 1.57. The second-order valence-electron chi connectivity index (χ2n) is 7.58. The third-order valence-corrected chi connectivity index (χ3v) is 7.55. The van der Waals surface area contributed by atoms with Crippen molar-refractivity contribution in [3.8, 4) is 17.0 Å². The minimum Gasteiger partial charge on any atom is -0.494 e. The van der Waals surface area contributed by atoms with Gasteiger partial charge in [0.15, 0.2) is 5.13 Å². The molecular formula is C25H22N4O3S2. The molecule has 34 heavy (non-hydrogen) atoms. The van der Waals surface area contributed by atoms with Gasteiger partial charge in [0.05, 0.1) is 23.4 Å². The highest BCUT2D eigenvalue weighted by molar-refractivity contribution is 7.93. The van der Waals surface area contributed by atoms with Gasteiger partial charge in [0.1, 0.15) is 16.3 Å². The molecule has 0 aliphatic rings. The lowest BCUT2D eigenvalue weighted by Crippen LogP contribution is -2.13. The monoisotopic (exact) mass is 490 g/mol. The molecular weight excluding hydrogens is 468 g/mol. The van der Waals surface area contributed by atoms with Crippen LogP contribution in [0.2, 0.25) is 0 Å². The van der Waals surface area contributed by atoms with E-state index in [0.29, 0.717) is 29.5 Å². The van der Waals surface area contributed by atoms with Crippen LogP contribution in [0, 0.1) is 0 Å². The molecule has 0 atom stereocenters. The van der Waals surface area contributed by atoms with Crippen molar-refractivity contribution in [3.63, 3.8) is 0 Å². The maximum atomic E-state index is 13.5. The largest absolute Gasteiger partial charge is 0.494 e. The van der Waals surface area contributed by atoms with E-state index in [-0.39, 0.29) is 4.90 Å². The first kappa shape index (κ1) is 22.1. The predicted molar refractivity (Wildman–Crippen MR) is 135 cm³/mol. The van der Waals surface area contributed by atoms with E-state index in [2.05, 4.69) is 14.8 Å². The quantitative estimate of drug-likeness (QED) is 0.314. The number of hydrogen-bond acceptors (Lipinski definition) is 6. The van der Waals surface area contributed by atoms with Gasteiger partial charge in [-0.1, -0.05) is 72.0 Å². The van der Waals surface area contributed by atoms with Gasteiger partial charge < -0.3 is 4.74 Å². The summed E-state index contributed by atoms with van der Waals surface area (Å²) in [6, 6.07) is 24.6. The molecule has 2 heterocycles. The first-order valence-electron chi connectivity index (χ1n) is 10.7. The van der Waals surface area contributed by atoms with Crippen LogP contribution in [0.15, 0.2) is 90.0 Å². The fraction of sp³-hybridized carbons (Fsp3) is 0.120. The topological polar surface area (TPSA) is 86.1 Å². The van der Waals surface area contributed by atoms with Gasteiger partial charge >= 0.3 is 0 Å². The average Bonchev–Trinajstić information content (AvgIpc) is 3.44. The van der Waals surface area contributed by atoms with E-state index in [1.807, 2.05) is 85.8 Å². The molecule has 0 radical (unpaired) electrons. The van der Waals surface area contributed by atoms with Crippen molar-refractivity contribution in [1.29, 1.82) is 0 Å². The lowest BCUT2D eigenvalue weighted by Gasteiger charge is -2.05. The molecule has 2 aromatic heterocycles. The average molecular weight is 491 g/mol. The van der Waals surface area contributed by atoms with Crippen LogP contribution < -0.4 is 9.46 Å². The smallest absolute Gasteiger partial charge is 0.267 e. The zero-order chi connectivity index (χ0) is 23.5. The maximum Gasteiger partial charge on any atom is 0.267 e. The van der Waals surface area contributed by atoms with Crippen LogP contribution in [0.4, 0.5) is 5.13 Å². The molecule has 5 aromatic rings. The Hall–Kier alpha value is -3.69. The van der Waals surface area contributed by atoms with Gasteiger partial charge in [-0.25, -0.2) is 13.4 Å². The zero-order valence-corrected chi connectivity index (χ0v) is 20.0. The molecule has 0 aliphatic carbocycles. The lowest BCUT2D eigenvalue weighted by atomic mass is 10.2. The maximum absolute atomic E-state index is 13.5. The Kier molecular flexibility index (Phi) is 6.04. The number of ether oxygens (including phenoxy) is 1. The van der Waals surface area contributed by atoms with Crippen molar-refractivity contribution in [1.82, 2.24) is 14.8 Å². The summed E-state index contributed by atoms with van der Waals surface area (Å²) in [5, 5.41) is 4.91. The van der Waals surface area contributed by atoms with Crippen LogP contribution in [-0.2, 0) is 16.6 Å². The summed E-state index contributed by atoms with van der Waals surface area (Å²) >= 11 is 1.26. The van der Waals surface area contributed by atoms with E-state index in [4.69, 9.17) is 4.74 Å². The van der Waals surface area contributed by atoms with E-state index in [0.717, 1.165) is 21.6 Å². The van der Waals surface area contributed by atoms with Gasteiger partial charge in [0.25, 0.3) is 10.0 Å². The molecule has 0 amide bonds. The Balaban J connectivity index is 1.51. The van der Waals surface area contributed by atoms with Crippen LogP contribution in [0.1, 0.15) is 12.5 Å². The fourth-order valence-electron chi connectivity index (χ4n) is 3.62. The van der Waals surface area contributed by atoms with E-state index < -0.39 is 10.0 Å². The van der Waals surface area contributed by atoms with Crippen molar-refractivity contribution in [2.75, 3.05) is 11.3 Å². The number of fused-ring (bicyclic) bond motifs is 1. The van der Waals surface area contributed by atoms with Gasteiger partial charge in [-0.2, -0.15) is 5.10 Å².